The molecule has 4 heteroatoms. The van der Waals surface area contributed by atoms with Crippen molar-refractivity contribution in [2.45, 2.75) is 25.7 Å². The van der Waals surface area contributed by atoms with Gasteiger partial charge >= 0.3 is 0 Å². The number of ether oxygens (including phenoxy) is 2. The van der Waals surface area contributed by atoms with Crippen LogP contribution in [-0.4, -0.2) is 38.1 Å². The average Bonchev–Trinajstić information content (AvgIpc) is 2.49. The first-order valence-electron chi connectivity index (χ1n) is 6.70. The van der Waals surface area contributed by atoms with Crippen molar-refractivity contribution in [1.29, 1.82) is 0 Å². The standard InChI is InChI=1S/C14H18N2O2/c1-2-6-12(14-16-8-4-10-18-14)11(5-1)13-15-7-3-9-17-13/h1,5H,2-4,6-10H2. The maximum absolute atomic E-state index is 5.69. The van der Waals surface area contributed by atoms with E-state index in [0.29, 0.717) is 0 Å². The van der Waals surface area contributed by atoms with Gasteiger partial charge in [-0.3, -0.25) is 9.98 Å². The van der Waals surface area contributed by atoms with Crippen molar-refractivity contribution in [1.82, 2.24) is 0 Å². The quantitative estimate of drug-likeness (QED) is 0.750. The van der Waals surface area contributed by atoms with Gasteiger partial charge in [-0.25, -0.2) is 0 Å². The summed E-state index contributed by atoms with van der Waals surface area (Å²) >= 11 is 0. The van der Waals surface area contributed by atoms with Gasteiger partial charge in [0.05, 0.1) is 13.2 Å². The van der Waals surface area contributed by atoms with Crippen molar-refractivity contribution >= 4 is 11.8 Å². The van der Waals surface area contributed by atoms with Gasteiger partial charge in [-0.15, -0.1) is 0 Å². The van der Waals surface area contributed by atoms with E-state index < -0.39 is 0 Å². The number of rotatable bonds is 2. The van der Waals surface area contributed by atoms with E-state index in [1.54, 1.807) is 0 Å². The number of allylic oxidation sites excluding steroid dienone is 1. The summed E-state index contributed by atoms with van der Waals surface area (Å²) in [6.45, 7) is 3.25. The van der Waals surface area contributed by atoms with E-state index in [2.05, 4.69) is 22.1 Å². The second kappa shape index (κ2) is 5.38. The van der Waals surface area contributed by atoms with Gasteiger partial charge in [0.1, 0.15) is 0 Å². The molecule has 0 atom stereocenters. The van der Waals surface area contributed by atoms with Crippen LogP contribution in [0, 0.1) is 0 Å². The Kier molecular flexibility index (Phi) is 3.44. The van der Waals surface area contributed by atoms with Crippen LogP contribution in [0.1, 0.15) is 25.7 Å². The molecule has 2 aliphatic heterocycles. The van der Waals surface area contributed by atoms with E-state index in [1.807, 2.05) is 0 Å². The summed E-state index contributed by atoms with van der Waals surface area (Å²) in [7, 11) is 0. The minimum Gasteiger partial charge on any atom is -0.478 e. The van der Waals surface area contributed by atoms with Crippen LogP contribution in [0.15, 0.2) is 33.3 Å². The molecule has 0 unspecified atom stereocenters. The summed E-state index contributed by atoms with van der Waals surface area (Å²) in [6, 6.07) is 0. The summed E-state index contributed by atoms with van der Waals surface area (Å²) in [5.74, 6) is 1.57. The largest absolute Gasteiger partial charge is 0.478 e. The van der Waals surface area contributed by atoms with Gasteiger partial charge in [0.15, 0.2) is 0 Å². The highest BCUT2D eigenvalue weighted by Crippen LogP contribution is 2.24. The minimum atomic E-state index is 0.761. The molecule has 18 heavy (non-hydrogen) atoms. The third kappa shape index (κ3) is 2.33. The molecule has 4 nitrogen and oxygen atoms in total. The van der Waals surface area contributed by atoms with E-state index in [0.717, 1.165) is 74.9 Å². The first-order valence-corrected chi connectivity index (χ1v) is 6.70. The summed E-state index contributed by atoms with van der Waals surface area (Å²) < 4.78 is 11.4. The maximum atomic E-state index is 5.69. The lowest BCUT2D eigenvalue weighted by Gasteiger charge is -2.23. The van der Waals surface area contributed by atoms with Crippen LogP contribution in [0.2, 0.25) is 0 Å². The first kappa shape index (κ1) is 11.5. The monoisotopic (exact) mass is 246 g/mol. The van der Waals surface area contributed by atoms with Crippen LogP contribution in [-0.2, 0) is 9.47 Å². The van der Waals surface area contributed by atoms with Gasteiger partial charge in [0.2, 0.25) is 11.8 Å². The van der Waals surface area contributed by atoms with Crippen molar-refractivity contribution in [2.75, 3.05) is 26.3 Å². The molecule has 1 aliphatic carbocycles. The third-order valence-electron chi connectivity index (χ3n) is 3.25. The van der Waals surface area contributed by atoms with Gasteiger partial charge in [0, 0.05) is 37.1 Å². The molecule has 0 N–H and O–H groups in total. The fourth-order valence-corrected chi connectivity index (χ4v) is 2.35. The lowest BCUT2D eigenvalue weighted by atomic mass is 9.96. The van der Waals surface area contributed by atoms with Crippen LogP contribution in [0.25, 0.3) is 0 Å². The number of nitrogens with zero attached hydrogens (tertiary/aromatic N) is 2. The van der Waals surface area contributed by atoms with Crippen LogP contribution in [0.3, 0.4) is 0 Å². The van der Waals surface area contributed by atoms with Crippen LogP contribution in [0.4, 0.5) is 0 Å². The van der Waals surface area contributed by atoms with Gasteiger partial charge < -0.3 is 9.47 Å². The van der Waals surface area contributed by atoms with E-state index in [-0.39, 0.29) is 0 Å². The van der Waals surface area contributed by atoms with Crippen molar-refractivity contribution < 1.29 is 9.47 Å². The van der Waals surface area contributed by atoms with Crippen molar-refractivity contribution in [3.8, 4) is 0 Å². The smallest absolute Gasteiger partial charge is 0.216 e. The molecule has 0 spiro atoms. The van der Waals surface area contributed by atoms with Gasteiger partial charge in [-0.05, 0) is 12.8 Å². The maximum Gasteiger partial charge on any atom is 0.216 e. The Morgan fingerprint density at radius 1 is 0.944 bits per heavy atom. The van der Waals surface area contributed by atoms with Crippen molar-refractivity contribution in [3.05, 3.63) is 23.3 Å². The Balaban J connectivity index is 1.95. The Bertz CT molecular complexity index is 447. The number of hydrogen-bond acceptors (Lipinski definition) is 4. The molecular weight excluding hydrogens is 228 g/mol. The van der Waals surface area contributed by atoms with Crippen molar-refractivity contribution in [2.24, 2.45) is 9.98 Å². The Labute approximate surface area is 107 Å². The molecule has 0 saturated heterocycles. The van der Waals surface area contributed by atoms with E-state index >= 15 is 0 Å². The van der Waals surface area contributed by atoms with Crippen LogP contribution < -0.4 is 0 Å². The predicted octanol–water partition coefficient (Wildman–Crippen LogP) is 2.27. The highest BCUT2D eigenvalue weighted by atomic mass is 16.5. The minimum absolute atomic E-state index is 0.761. The summed E-state index contributed by atoms with van der Waals surface area (Å²) in [5, 5.41) is 0. The molecule has 2 heterocycles. The molecule has 0 aromatic rings. The highest BCUT2D eigenvalue weighted by Gasteiger charge is 2.22. The number of hydrogen-bond donors (Lipinski definition) is 0. The molecule has 0 bridgehead atoms. The van der Waals surface area contributed by atoms with E-state index in [9.17, 15) is 0 Å². The third-order valence-corrected chi connectivity index (χ3v) is 3.25. The second-order valence-corrected chi connectivity index (χ2v) is 4.61. The van der Waals surface area contributed by atoms with Crippen molar-refractivity contribution in [3.63, 3.8) is 0 Å². The lowest BCUT2D eigenvalue weighted by Crippen LogP contribution is -2.23. The summed E-state index contributed by atoms with van der Waals surface area (Å²) in [4.78, 5) is 8.96. The zero-order valence-electron chi connectivity index (χ0n) is 10.5. The van der Waals surface area contributed by atoms with Gasteiger partial charge in [-0.1, -0.05) is 12.2 Å². The fourth-order valence-electron chi connectivity index (χ4n) is 2.35. The van der Waals surface area contributed by atoms with E-state index in [1.165, 1.54) is 0 Å². The SMILES string of the molecule is C1=CC(C2=NCCCO2)=C(C2=NCCCO2)CC1. The summed E-state index contributed by atoms with van der Waals surface area (Å²) in [6.07, 6.45) is 8.29. The molecule has 0 saturated carbocycles. The van der Waals surface area contributed by atoms with Crippen LogP contribution in [0.5, 0.6) is 0 Å². The molecule has 0 radical (unpaired) electrons. The molecular formula is C14H18N2O2. The molecule has 3 aliphatic rings. The number of aliphatic imine (C=N–C) groups is 2. The molecule has 0 fully saturated rings. The molecule has 0 aromatic heterocycles. The fraction of sp³-hybridized carbons (Fsp3) is 0.571. The zero-order valence-corrected chi connectivity index (χ0v) is 10.5. The van der Waals surface area contributed by atoms with Gasteiger partial charge in [-0.2, -0.15) is 0 Å². The molecule has 3 rings (SSSR count). The Morgan fingerprint density at radius 3 is 2.33 bits per heavy atom. The average molecular weight is 246 g/mol. The first-order chi connectivity index (χ1) is 8.95. The highest BCUT2D eigenvalue weighted by molar-refractivity contribution is 6.07. The van der Waals surface area contributed by atoms with Crippen LogP contribution >= 0.6 is 0 Å². The second-order valence-electron chi connectivity index (χ2n) is 4.61. The Morgan fingerprint density at radius 2 is 1.67 bits per heavy atom. The summed E-state index contributed by atoms with van der Waals surface area (Å²) in [5.41, 5.74) is 2.24. The normalized spacial score (nSPS) is 24.0. The zero-order chi connectivity index (χ0) is 12.2. The van der Waals surface area contributed by atoms with Gasteiger partial charge in [0.25, 0.3) is 0 Å². The topological polar surface area (TPSA) is 43.2 Å². The molecule has 0 aromatic carbocycles. The lowest BCUT2D eigenvalue weighted by molar-refractivity contribution is 0.278. The Hall–Kier alpha value is -1.58. The molecule has 96 valence electrons. The molecule has 0 amide bonds. The van der Waals surface area contributed by atoms with E-state index in [4.69, 9.17) is 9.47 Å². The predicted molar refractivity (Wildman–Crippen MR) is 71.1 cm³/mol.